The molecule has 2 fully saturated rings. The van der Waals surface area contributed by atoms with Gasteiger partial charge in [0.1, 0.15) is 0 Å². The van der Waals surface area contributed by atoms with Gasteiger partial charge in [0.05, 0.1) is 16.4 Å². The lowest BCUT2D eigenvalue weighted by Crippen LogP contribution is -2.44. The molecule has 208 valence electrons. The molecular formula is C24H25F3N6O6. The number of carboxylic acid groups (broad SMARTS) is 1. The molecule has 5 rings (SSSR count). The third kappa shape index (κ3) is 5.67. The van der Waals surface area contributed by atoms with Crippen LogP contribution in [0.15, 0.2) is 21.7 Å². The van der Waals surface area contributed by atoms with Crippen molar-refractivity contribution in [2.75, 3.05) is 19.6 Å². The number of aromatic amines is 1. The zero-order valence-corrected chi connectivity index (χ0v) is 21.0. The number of alkyl halides is 3. The van der Waals surface area contributed by atoms with E-state index in [1.807, 2.05) is 30.5 Å². The van der Waals surface area contributed by atoms with E-state index in [-0.39, 0.29) is 29.8 Å². The molecule has 0 saturated carbocycles. The zero-order chi connectivity index (χ0) is 28.7. The minimum atomic E-state index is -5.08. The van der Waals surface area contributed by atoms with Gasteiger partial charge in [0.25, 0.3) is 5.56 Å². The number of hydrogen-bond donors (Lipinski definition) is 3. The first-order chi connectivity index (χ1) is 18.2. The Labute approximate surface area is 218 Å². The SMILES string of the molecule is Cc1cc2nc3c(=O)[nH]c(=O)nc-3n(CCN3CCC4(CC3)CC(=O)NC4=O)c2cc1C.O=C(O)C(F)(F)F. The number of aryl methyl sites for hydroxylation is 2. The van der Waals surface area contributed by atoms with Gasteiger partial charge in [-0.25, -0.2) is 14.6 Å². The number of hydrogen-bond acceptors (Lipinski definition) is 8. The van der Waals surface area contributed by atoms with Gasteiger partial charge >= 0.3 is 17.8 Å². The van der Waals surface area contributed by atoms with Crippen LogP contribution in [-0.4, -0.2) is 73.1 Å². The number of imide groups is 1. The van der Waals surface area contributed by atoms with Gasteiger partial charge < -0.3 is 14.6 Å². The maximum Gasteiger partial charge on any atom is 0.490 e. The number of benzene rings is 1. The van der Waals surface area contributed by atoms with Crippen molar-refractivity contribution >= 4 is 28.8 Å². The van der Waals surface area contributed by atoms with Crippen LogP contribution < -0.4 is 16.6 Å². The topological polar surface area (TPSA) is 167 Å². The molecule has 12 nitrogen and oxygen atoms in total. The van der Waals surface area contributed by atoms with Crippen molar-refractivity contribution in [3.63, 3.8) is 0 Å². The molecule has 4 aliphatic rings. The molecule has 2 amide bonds. The van der Waals surface area contributed by atoms with E-state index in [0.717, 1.165) is 16.6 Å². The molecule has 0 bridgehead atoms. The summed E-state index contributed by atoms with van der Waals surface area (Å²) in [5.41, 5.74) is 1.95. The first-order valence-corrected chi connectivity index (χ1v) is 12.0. The summed E-state index contributed by atoms with van der Waals surface area (Å²) in [5, 5.41) is 9.56. The Balaban J connectivity index is 0.000000448. The van der Waals surface area contributed by atoms with Crippen LogP contribution in [0.1, 0.15) is 30.4 Å². The van der Waals surface area contributed by atoms with Gasteiger partial charge in [-0.1, -0.05) is 0 Å². The van der Waals surface area contributed by atoms with Crippen LogP contribution in [0.4, 0.5) is 13.2 Å². The molecular weight excluding hydrogens is 525 g/mol. The molecule has 3 N–H and O–H groups in total. The summed E-state index contributed by atoms with van der Waals surface area (Å²) in [6, 6.07) is 3.94. The number of carbonyl (C=O) groups excluding carboxylic acids is 2. The van der Waals surface area contributed by atoms with Gasteiger partial charge in [-0.2, -0.15) is 18.2 Å². The molecule has 1 spiro atoms. The summed E-state index contributed by atoms with van der Waals surface area (Å²) in [5.74, 6) is -2.83. The second-order valence-corrected chi connectivity index (χ2v) is 9.71. The number of carbonyl (C=O) groups is 3. The van der Waals surface area contributed by atoms with E-state index in [0.29, 0.717) is 44.5 Å². The fraction of sp³-hybridized carbons (Fsp3) is 0.458. The van der Waals surface area contributed by atoms with Gasteiger partial charge in [-0.3, -0.25) is 24.7 Å². The monoisotopic (exact) mass is 550 g/mol. The minimum Gasteiger partial charge on any atom is -0.475 e. The van der Waals surface area contributed by atoms with Gasteiger partial charge in [-0.15, -0.1) is 0 Å². The third-order valence-electron chi connectivity index (χ3n) is 7.15. The van der Waals surface area contributed by atoms with E-state index in [1.54, 1.807) is 0 Å². The number of rotatable bonds is 3. The molecule has 0 unspecified atom stereocenters. The number of likely N-dealkylation sites (tertiary alicyclic amines) is 1. The van der Waals surface area contributed by atoms with Crippen LogP contribution in [0.25, 0.3) is 22.6 Å². The van der Waals surface area contributed by atoms with Crippen LogP contribution in [0.2, 0.25) is 0 Å². The summed E-state index contributed by atoms with van der Waals surface area (Å²) in [7, 11) is 0. The van der Waals surface area contributed by atoms with Crippen LogP contribution in [0, 0.1) is 19.3 Å². The Bertz CT molecular complexity index is 1550. The Kier molecular flexibility index (Phi) is 7.29. The summed E-state index contributed by atoms with van der Waals surface area (Å²) in [4.78, 5) is 70.1. The van der Waals surface area contributed by atoms with Gasteiger partial charge in [-0.05, 0) is 63.0 Å². The molecule has 15 heteroatoms. The molecule has 0 aliphatic carbocycles. The quantitative estimate of drug-likeness (QED) is 0.318. The van der Waals surface area contributed by atoms with E-state index in [2.05, 4.69) is 25.2 Å². The first kappa shape index (κ1) is 27.9. The highest BCUT2D eigenvalue weighted by Crippen LogP contribution is 2.38. The smallest absolute Gasteiger partial charge is 0.475 e. The van der Waals surface area contributed by atoms with Crippen LogP contribution in [0.5, 0.6) is 0 Å². The van der Waals surface area contributed by atoms with Crippen molar-refractivity contribution in [3.05, 3.63) is 44.1 Å². The highest BCUT2D eigenvalue weighted by Gasteiger charge is 2.48. The van der Waals surface area contributed by atoms with E-state index in [9.17, 15) is 32.3 Å². The molecule has 0 radical (unpaired) electrons. The van der Waals surface area contributed by atoms with Crippen LogP contribution in [-0.2, 0) is 20.9 Å². The van der Waals surface area contributed by atoms with Crippen molar-refractivity contribution in [1.29, 1.82) is 0 Å². The van der Waals surface area contributed by atoms with E-state index >= 15 is 0 Å². The zero-order valence-electron chi connectivity index (χ0n) is 21.0. The third-order valence-corrected chi connectivity index (χ3v) is 7.15. The lowest BCUT2D eigenvalue weighted by molar-refractivity contribution is -0.192. The summed E-state index contributed by atoms with van der Waals surface area (Å²) >= 11 is 0. The average molecular weight is 550 g/mol. The number of piperidine rings is 1. The number of halogens is 3. The first-order valence-electron chi connectivity index (χ1n) is 12.0. The molecule has 4 aliphatic heterocycles. The van der Waals surface area contributed by atoms with Crippen molar-refractivity contribution < 1.29 is 32.7 Å². The summed E-state index contributed by atoms with van der Waals surface area (Å²) in [6.45, 7) is 6.54. The largest absolute Gasteiger partial charge is 0.490 e. The Morgan fingerprint density at radius 2 is 1.67 bits per heavy atom. The molecule has 4 heterocycles. The number of nitrogens with zero attached hydrogens (tertiary/aromatic N) is 4. The maximum absolute atomic E-state index is 12.4. The number of aliphatic carboxylic acids is 1. The molecule has 1 aromatic rings. The summed E-state index contributed by atoms with van der Waals surface area (Å²) in [6.07, 6.45) is -3.55. The van der Waals surface area contributed by atoms with Gasteiger partial charge in [0, 0.05) is 19.5 Å². The second-order valence-electron chi connectivity index (χ2n) is 9.71. The molecule has 1 aromatic carbocycles. The van der Waals surface area contributed by atoms with Crippen molar-refractivity contribution in [1.82, 2.24) is 29.7 Å². The lowest BCUT2D eigenvalue weighted by atomic mass is 9.77. The maximum atomic E-state index is 12.4. The van der Waals surface area contributed by atoms with E-state index in [1.165, 1.54) is 0 Å². The number of H-pyrrole nitrogens is 1. The minimum absolute atomic E-state index is 0.138. The highest BCUT2D eigenvalue weighted by atomic mass is 19.4. The highest BCUT2D eigenvalue weighted by molar-refractivity contribution is 6.05. The molecule has 0 aromatic heterocycles. The number of carboxylic acids is 1. The normalized spacial score (nSPS) is 17.4. The van der Waals surface area contributed by atoms with Crippen LogP contribution in [0.3, 0.4) is 0 Å². The fourth-order valence-electron chi connectivity index (χ4n) is 4.82. The number of nitrogens with one attached hydrogen (secondary N) is 2. The Hall–Kier alpha value is -4.14. The number of fused-ring (bicyclic) bond motifs is 2. The predicted octanol–water partition coefficient (Wildman–Crippen LogP) is 0.963. The second kappa shape index (κ2) is 10.2. The number of aromatic nitrogens is 4. The lowest BCUT2D eigenvalue weighted by Gasteiger charge is -2.37. The Morgan fingerprint density at radius 1 is 1.05 bits per heavy atom. The standard InChI is InChI=1S/C22H24N6O4.C2HF3O2/c1-12-9-14-15(10-13(12)2)28(18-17(23-14)19(30)26-21(32)25-18)8-7-27-5-3-22(4-6-27)11-16(29)24-20(22)31;3-2(4,5)1(6)7/h9-10H,3-8,11H2,1-2H3,(H,24,29,31)(H,26,30,32);(H,6,7). The number of amides is 2. The van der Waals surface area contributed by atoms with Crippen molar-refractivity contribution in [2.45, 2.75) is 45.8 Å². The van der Waals surface area contributed by atoms with Gasteiger partial charge in [0.2, 0.25) is 11.8 Å². The van der Waals surface area contributed by atoms with Crippen molar-refractivity contribution in [3.8, 4) is 11.5 Å². The van der Waals surface area contributed by atoms with Crippen molar-refractivity contribution in [2.24, 2.45) is 5.41 Å². The van der Waals surface area contributed by atoms with Gasteiger partial charge in [0.15, 0.2) is 11.5 Å². The predicted molar refractivity (Wildman–Crippen MR) is 130 cm³/mol. The van der Waals surface area contributed by atoms with Crippen LogP contribution >= 0.6 is 0 Å². The molecule has 39 heavy (non-hydrogen) atoms. The fourth-order valence-corrected chi connectivity index (χ4v) is 4.82. The van der Waals surface area contributed by atoms with E-state index < -0.39 is 28.8 Å². The molecule has 2 saturated heterocycles. The molecule has 0 atom stereocenters. The average Bonchev–Trinajstić information content (AvgIpc) is 3.11. The Morgan fingerprint density at radius 3 is 2.23 bits per heavy atom. The van der Waals surface area contributed by atoms with E-state index in [4.69, 9.17) is 9.90 Å². The summed E-state index contributed by atoms with van der Waals surface area (Å²) < 4.78 is 33.6.